The molecule has 2 aromatic rings. The third-order valence-corrected chi connectivity index (χ3v) is 4.20. The third-order valence-electron chi connectivity index (χ3n) is 4.20. The van der Waals surface area contributed by atoms with Crippen LogP contribution >= 0.6 is 0 Å². The van der Waals surface area contributed by atoms with Crippen molar-refractivity contribution in [1.82, 2.24) is 5.32 Å². The number of benzene rings is 2. The summed E-state index contributed by atoms with van der Waals surface area (Å²) in [4.78, 5) is 36.5. The number of para-hydroxylation sites is 1. The highest BCUT2D eigenvalue weighted by Crippen LogP contribution is 2.18. The van der Waals surface area contributed by atoms with E-state index in [0.717, 1.165) is 5.56 Å². The number of anilines is 1. The minimum Gasteiger partial charge on any atom is -0.463 e. The Morgan fingerprint density at radius 1 is 0.931 bits per heavy atom. The number of hydrogen-bond acceptors (Lipinski definition) is 5. The molecule has 2 aromatic carbocycles. The largest absolute Gasteiger partial charge is 0.463 e. The fourth-order valence-corrected chi connectivity index (χ4v) is 2.63. The molecule has 0 radical (unpaired) electrons. The molecule has 0 spiro atoms. The number of carbonyl (C=O) groups excluding carboxylic acids is 3. The highest BCUT2D eigenvalue weighted by Gasteiger charge is 2.16. The van der Waals surface area contributed by atoms with E-state index in [9.17, 15) is 14.4 Å². The molecule has 2 amide bonds. The molecule has 0 aromatic heterocycles. The molecule has 0 fully saturated rings. The van der Waals surface area contributed by atoms with Gasteiger partial charge in [0, 0.05) is 13.5 Å². The maximum atomic E-state index is 12.7. The first-order valence-electron chi connectivity index (χ1n) is 9.40. The molecule has 2 N–H and O–H groups in total. The van der Waals surface area contributed by atoms with Crippen LogP contribution in [-0.4, -0.2) is 38.1 Å². The molecular formula is C22H26N2O5. The van der Waals surface area contributed by atoms with Gasteiger partial charge in [0.2, 0.25) is 5.91 Å². The first-order chi connectivity index (χ1) is 14.0. The third kappa shape index (κ3) is 7.38. The van der Waals surface area contributed by atoms with Gasteiger partial charge >= 0.3 is 5.97 Å². The molecule has 7 nitrogen and oxygen atoms in total. The van der Waals surface area contributed by atoms with Crippen LogP contribution in [0.25, 0.3) is 0 Å². The second-order valence-corrected chi connectivity index (χ2v) is 6.41. The molecule has 0 bridgehead atoms. The van der Waals surface area contributed by atoms with Crippen LogP contribution < -0.4 is 10.6 Å². The Bertz CT molecular complexity index is 823. The van der Waals surface area contributed by atoms with Crippen LogP contribution in [0.3, 0.4) is 0 Å². The molecule has 0 heterocycles. The van der Waals surface area contributed by atoms with Gasteiger partial charge in [-0.1, -0.05) is 42.5 Å². The minimum atomic E-state index is -0.472. The second-order valence-electron chi connectivity index (χ2n) is 6.41. The molecule has 29 heavy (non-hydrogen) atoms. The van der Waals surface area contributed by atoms with Crippen molar-refractivity contribution in [3.63, 3.8) is 0 Å². The Morgan fingerprint density at radius 2 is 1.62 bits per heavy atom. The summed E-state index contributed by atoms with van der Waals surface area (Å²) in [6.07, 6.45) is -0.0862. The van der Waals surface area contributed by atoms with E-state index < -0.39 is 5.97 Å². The van der Waals surface area contributed by atoms with E-state index in [0.29, 0.717) is 17.9 Å². The lowest BCUT2D eigenvalue weighted by Gasteiger charge is -2.16. The number of esters is 1. The summed E-state index contributed by atoms with van der Waals surface area (Å²) in [6.45, 7) is 2.35. The van der Waals surface area contributed by atoms with E-state index in [1.54, 1.807) is 24.3 Å². The predicted molar refractivity (Wildman–Crippen MR) is 109 cm³/mol. The number of methoxy groups -OCH3 is 1. The smallest absolute Gasteiger partial charge is 0.306 e. The Labute approximate surface area is 170 Å². The van der Waals surface area contributed by atoms with E-state index in [2.05, 4.69) is 10.6 Å². The van der Waals surface area contributed by atoms with Gasteiger partial charge in [0.05, 0.1) is 30.3 Å². The standard InChI is InChI=1S/C22H26N2O5/c1-16(17-8-4-3-5-9-17)23-22(27)18-10-6-7-11-19(18)24-20(25)12-13-21(26)29-15-14-28-2/h3-11,16H,12-15H2,1-2H3,(H,23,27)(H,24,25). The molecule has 0 saturated carbocycles. The van der Waals surface area contributed by atoms with E-state index in [4.69, 9.17) is 9.47 Å². The van der Waals surface area contributed by atoms with Gasteiger partial charge in [0.25, 0.3) is 5.91 Å². The summed E-state index contributed by atoms with van der Waals surface area (Å²) in [5, 5.41) is 5.62. The SMILES string of the molecule is COCCOC(=O)CCC(=O)Nc1ccccc1C(=O)NC(C)c1ccccc1. The van der Waals surface area contributed by atoms with Crippen molar-refractivity contribution in [2.75, 3.05) is 25.6 Å². The van der Waals surface area contributed by atoms with Crippen molar-refractivity contribution in [1.29, 1.82) is 0 Å². The van der Waals surface area contributed by atoms with E-state index in [-0.39, 0.29) is 37.3 Å². The number of hydrogen-bond donors (Lipinski definition) is 2. The highest BCUT2D eigenvalue weighted by molar-refractivity contribution is 6.04. The van der Waals surface area contributed by atoms with Gasteiger partial charge in [0.1, 0.15) is 6.61 Å². The van der Waals surface area contributed by atoms with E-state index in [1.165, 1.54) is 7.11 Å². The van der Waals surface area contributed by atoms with Gasteiger partial charge in [-0.25, -0.2) is 0 Å². The zero-order valence-electron chi connectivity index (χ0n) is 16.6. The molecule has 0 aliphatic carbocycles. The van der Waals surface area contributed by atoms with Gasteiger partial charge in [-0.15, -0.1) is 0 Å². The van der Waals surface area contributed by atoms with Crippen LogP contribution in [0.1, 0.15) is 41.7 Å². The number of nitrogens with one attached hydrogen (secondary N) is 2. The summed E-state index contributed by atoms with van der Waals surface area (Å²) < 4.78 is 9.72. The number of rotatable bonds is 10. The van der Waals surface area contributed by atoms with E-state index >= 15 is 0 Å². The van der Waals surface area contributed by atoms with Crippen molar-refractivity contribution in [3.05, 3.63) is 65.7 Å². The molecule has 154 valence electrons. The molecule has 7 heteroatoms. The van der Waals surface area contributed by atoms with E-state index in [1.807, 2.05) is 37.3 Å². The highest BCUT2D eigenvalue weighted by atomic mass is 16.6. The predicted octanol–water partition coefficient (Wildman–Crippen LogP) is 3.09. The zero-order valence-corrected chi connectivity index (χ0v) is 16.6. The number of ether oxygens (including phenoxy) is 2. The van der Waals surface area contributed by atoms with Gasteiger partial charge < -0.3 is 20.1 Å². The number of amides is 2. The first-order valence-corrected chi connectivity index (χ1v) is 9.40. The maximum Gasteiger partial charge on any atom is 0.306 e. The molecule has 2 rings (SSSR count). The van der Waals surface area contributed by atoms with Gasteiger partial charge in [-0.3, -0.25) is 14.4 Å². The lowest BCUT2D eigenvalue weighted by molar-refractivity contribution is -0.145. The fraction of sp³-hybridized carbons (Fsp3) is 0.318. The summed E-state index contributed by atoms with van der Waals surface area (Å²) in [5.74, 6) is -1.14. The average molecular weight is 398 g/mol. The van der Waals surface area contributed by atoms with Crippen molar-refractivity contribution >= 4 is 23.5 Å². The average Bonchev–Trinajstić information content (AvgIpc) is 2.73. The van der Waals surface area contributed by atoms with Gasteiger partial charge in [-0.2, -0.15) is 0 Å². The summed E-state index contributed by atoms with van der Waals surface area (Å²) >= 11 is 0. The lowest BCUT2D eigenvalue weighted by atomic mass is 10.1. The Hall–Kier alpha value is -3.19. The molecule has 0 aliphatic heterocycles. The summed E-state index contributed by atoms with van der Waals surface area (Å²) in [6, 6.07) is 16.2. The van der Waals surface area contributed by atoms with Crippen molar-refractivity contribution in [2.45, 2.75) is 25.8 Å². The van der Waals surface area contributed by atoms with Crippen LogP contribution in [0, 0.1) is 0 Å². The fourth-order valence-electron chi connectivity index (χ4n) is 2.63. The molecule has 0 aliphatic rings. The quantitative estimate of drug-likeness (QED) is 0.474. The second kappa shape index (κ2) is 11.6. The van der Waals surface area contributed by atoms with Crippen LogP contribution in [0.4, 0.5) is 5.69 Å². The maximum absolute atomic E-state index is 12.7. The Balaban J connectivity index is 1.93. The lowest BCUT2D eigenvalue weighted by Crippen LogP contribution is -2.28. The van der Waals surface area contributed by atoms with Crippen LogP contribution in [0.2, 0.25) is 0 Å². The van der Waals surface area contributed by atoms with Crippen molar-refractivity contribution in [2.24, 2.45) is 0 Å². The molecular weight excluding hydrogens is 372 g/mol. The monoisotopic (exact) mass is 398 g/mol. The van der Waals surface area contributed by atoms with Crippen LogP contribution in [0.15, 0.2) is 54.6 Å². The number of carbonyl (C=O) groups is 3. The van der Waals surface area contributed by atoms with Crippen LogP contribution in [-0.2, 0) is 19.1 Å². The zero-order chi connectivity index (χ0) is 21.1. The van der Waals surface area contributed by atoms with Gasteiger partial charge in [0.15, 0.2) is 0 Å². The Morgan fingerprint density at radius 3 is 2.34 bits per heavy atom. The summed E-state index contributed by atoms with van der Waals surface area (Å²) in [5.41, 5.74) is 1.73. The Kier molecular flexibility index (Phi) is 8.85. The molecule has 1 atom stereocenters. The molecule has 1 unspecified atom stereocenters. The summed E-state index contributed by atoms with van der Waals surface area (Å²) in [7, 11) is 1.51. The van der Waals surface area contributed by atoms with Crippen molar-refractivity contribution in [3.8, 4) is 0 Å². The normalized spacial score (nSPS) is 11.4. The van der Waals surface area contributed by atoms with Gasteiger partial charge in [-0.05, 0) is 24.6 Å². The van der Waals surface area contributed by atoms with Crippen molar-refractivity contribution < 1.29 is 23.9 Å². The topological polar surface area (TPSA) is 93.7 Å². The minimum absolute atomic E-state index is 0.0395. The first kappa shape index (κ1) is 22.1. The molecule has 0 saturated heterocycles. The van der Waals surface area contributed by atoms with Crippen LogP contribution in [0.5, 0.6) is 0 Å².